The van der Waals surface area contributed by atoms with Crippen molar-refractivity contribution in [1.29, 1.82) is 0 Å². The lowest BCUT2D eigenvalue weighted by atomic mass is 10.2. The molecule has 10 nitrogen and oxygen atoms in total. The lowest BCUT2D eigenvalue weighted by Gasteiger charge is -2.10. The number of aromatic nitrogens is 4. The molecule has 0 atom stereocenters. The average Bonchev–Trinajstić information content (AvgIpc) is 3.17. The van der Waals surface area contributed by atoms with Gasteiger partial charge in [0.1, 0.15) is 6.54 Å². The molecule has 11 heteroatoms. The van der Waals surface area contributed by atoms with E-state index in [1.807, 2.05) is 0 Å². The molecule has 0 spiro atoms. The second-order valence-corrected chi connectivity index (χ2v) is 7.79. The van der Waals surface area contributed by atoms with E-state index in [1.54, 1.807) is 55.6 Å². The number of fused-ring (bicyclic) bond motifs is 1. The second-order valence-electron chi connectivity index (χ2n) is 7.35. The fourth-order valence-electron chi connectivity index (χ4n) is 3.35. The normalized spacial score (nSPS) is 10.9. The quantitative estimate of drug-likeness (QED) is 0.466. The third-order valence-electron chi connectivity index (χ3n) is 5.02. The number of nitrogens with zero attached hydrogens (tertiary/aromatic N) is 4. The summed E-state index contributed by atoms with van der Waals surface area (Å²) in [5.41, 5.74) is 0.564. The number of halogens is 1. The number of amides is 2. The Bertz CT molecular complexity index is 1500. The monoisotopic (exact) mass is 466 g/mol. The number of imidazole rings is 1. The number of carbonyl (C=O) groups excluding carboxylic acids is 2. The summed E-state index contributed by atoms with van der Waals surface area (Å²) in [6, 6.07) is 13.0. The number of hydrogen-bond acceptors (Lipinski definition) is 5. The molecular formula is C22H19ClN6O4. The van der Waals surface area contributed by atoms with Gasteiger partial charge in [0.15, 0.2) is 11.2 Å². The van der Waals surface area contributed by atoms with Crippen molar-refractivity contribution in [1.82, 2.24) is 18.7 Å². The fourth-order valence-corrected chi connectivity index (χ4v) is 3.54. The van der Waals surface area contributed by atoms with Gasteiger partial charge >= 0.3 is 5.69 Å². The number of rotatable bonds is 5. The summed E-state index contributed by atoms with van der Waals surface area (Å²) in [5, 5.41) is 5.86. The van der Waals surface area contributed by atoms with E-state index in [2.05, 4.69) is 15.6 Å². The van der Waals surface area contributed by atoms with Gasteiger partial charge in [-0.05, 0) is 42.5 Å². The number of carbonyl (C=O) groups is 2. The Hall–Kier alpha value is -4.18. The van der Waals surface area contributed by atoms with E-state index in [4.69, 9.17) is 11.6 Å². The zero-order valence-corrected chi connectivity index (χ0v) is 18.5. The predicted octanol–water partition coefficient (Wildman–Crippen LogP) is 1.98. The molecule has 33 heavy (non-hydrogen) atoms. The minimum absolute atomic E-state index is 0.222. The van der Waals surface area contributed by atoms with E-state index >= 15 is 0 Å². The molecule has 0 radical (unpaired) electrons. The molecule has 0 unspecified atom stereocenters. The van der Waals surface area contributed by atoms with E-state index in [9.17, 15) is 19.2 Å². The van der Waals surface area contributed by atoms with Crippen LogP contribution in [0.2, 0.25) is 5.02 Å². The molecule has 2 aromatic heterocycles. The Kier molecular flexibility index (Phi) is 5.84. The van der Waals surface area contributed by atoms with Crippen LogP contribution in [0.5, 0.6) is 0 Å². The maximum absolute atomic E-state index is 12.7. The Labute approximate surface area is 192 Å². The SMILES string of the molecule is Cn1cnc2c1c(=O)n(CC(=O)Nc1ccc(C(=O)Nc3cccc(Cl)c3)cc1)c(=O)n2C. The summed E-state index contributed by atoms with van der Waals surface area (Å²) in [6.07, 6.45) is 1.43. The number of nitrogens with one attached hydrogen (secondary N) is 2. The van der Waals surface area contributed by atoms with Crippen LogP contribution in [0, 0.1) is 0 Å². The molecule has 0 aliphatic carbocycles. The topological polar surface area (TPSA) is 120 Å². The summed E-state index contributed by atoms with van der Waals surface area (Å²) in [6.45, 7) is -0.469. The first-order chi connectivity index (χ1) is 15.7. The lowest BCUT2D eigenvalue weighted by Crippen LogP contribution is -2.42. The van der Waals surface area contributed by atoms with Gasteiger partial charge in [0.05, 0.1) is 6.33 Å². The van der Waals surface area contributed by atoms with Crippen LogP contribution >= 0.6 is 11.6 Å². The van der Waals surface area contributed by atoms with Gasteiger partial charge in [-0.1, -0.05) is 17.7 Å². The van der Waals surface area contributed by atoms with Gasteiger partial charge in [0, 0.05) is 36.1 Å². The van der Waals surface area contributed by atoms with Gasteiger partial charge in [-0.2, -0.15) is 0 Å². The van der Waals surface area contributed by atoms with Gasteiger partial charge in [0.2, 0.25) is 5.91 Å². The Morgan fingerprint density at radius 3 is 2.42 bits per heavy atom. The lowest BCUT2D eigenvalue weighted by molar-refractivity contribution is -0.116. The molecule has 168 valence electrons. The van der Waals surface area contributed by atoms with Crippen molar-refractivity contribution in [3.63, 3.8) is 0 Å². The zero-order valence-electron chi connectivity index (χ0n) is 17.7. The van der Waals surface area contributed by atoms with E-state index in [0.717, 1.165) is 4.57 Å². The van der Waals surface area contributed by atoms with Crippen LogP contribution in [0.4, 0.5) is 11.4 Å². The van der Waals surface area contributed by atoms with Gasteiger partial charge < -0.3 is 15.2 Å². The number of aryl methyl sites for hydroxylation is 2. The number of anilines is 2. The first-order valence-corrected chi connectivity index (χ1v) is 10.2. The van der Waals surface area contributed by atoms with E-state index < -0.39 is 23.7 Å². The zero-order chi connectivity index (χ0) is 23.7. The predicted molar refractivity (Wildman–Crippen MR) is 125 cm³/mol. The Morgan fingerprint density at radius 1 is 1.00 bits per heavy atom. The Balaban J connectivity index is 1.47. The highest BCUT2D eigenvalue weighted by molar-refractivity contribution is 6.31. The van der Waals surface area contributed by atoms with Gasteiger partial charge in [-0.3, -0.25) is 19.0 Å². The third-order valence-corrected chi connectivity index (χ3v) is 5.25. The molecule has 2 amide bonds. The van der Waals surface area contributed by atoms with Crippen LogP contribution in [0.15, 0.2) is 64.4 Å². The summed E-state index contributed by atoms with van der Waals surface area (Å²) in [4.78, 5) is 54.2. The summed E-state index contributed by atoms with van der Waals surface area (Å²) >= 11 is 5.92. The van der Waals surface area contributed by atoms with Gasteiger partial charge in [0.25, 0.3) is 11.5 Å². The Morgan fingerprint density at radius 2 is 1.73 bits per heavy atom. The molecule has 0 aliphatic rings. The van der Waals surface area contributed by atoms with Gasteiger partial charge in [-0.25, -0.2) is 14.3 Å². The van der Waals surface area contributed by atoms with Gasteiger partial charge in [-0.15, -0.1) is 0 Å². The molecule has 0 aliphatic heterocycles. The highest BCUT2D eigenvalue weighted by Crippen LogP contribution is 2.17. The molecule has 0 bridgehead atoms. The molecule has 0 fully saturated rings. The number of benzene rings is 2. The minimum atomic E-state index is -0.644. The summed E-state index contributed by atoms with van der Waals surface area (Å²) in [7, 11) is 3.12. The summed E-state index contributed by atoms with van der Waals surface area (Å²) < 4.78 is 3.57. The van der Waals surface area contributed by atoms with Crippen molar-refractivity contribution in [2.45, 2.75) is 6.54 Å². The molecule has 2 aromatic carbocycles. The highest BCUT2D eigenvalue weighted by atomic mass is 35.5. The largest absolute Gasteiger partial charge is 0.332 e. The van der Waals surface area contributed by atoms with E-state index in [-0.39, 0.29) is 17.1 Å². The molecule has 0 saturated heterocycles. The third kappa shape index (κ3) is 4.41. The molecule has 0 saturated carbocycles. The van der Waals surface area contributed by atoms with Crippen molar-refractivity contribution >= 4 is 46.0 Å². The maximum Gasteiger partial charge on any atom is 0.332 e. The van der Waals surface area contributed by atoms with Crippen LogP contribution < -0.4 is 21.9 Å². The highest BCUT2D eigenvalue weighted by Gasteiger charge is 2.17. The second kappa shape index (κ2) is 8.75. The van der Waals surface area contributed by atoms with Crippen molar-refractivity contribution in [3.05, 3.63) is 86.3 Å². The maximum atomic E-state index is 12.7. The summed E-state index contributed by atoms with van der Waals surface area (Å²) in [5.74, 6) is -0.901. The molecule has 4 rings (SSSR count). The molecule has 2 heterocycles. The van der Waals surface area contributed by atoms with Crippen molar-refractivity contribution in [2.24, 2.45) is 14.1 Å². The number of hydrogen-bond donors (Lipinski definition) is 2. The van der Waals surface area contributed by atoms with Crippen molar-refractivity contribution in [3.8, 4) is 0 Å². The standard InChI is InChI=1S/C22H19ClN6O4/c1-27-12-24-19-18(27)21(32)29(22(33)28(19)2)11-17(30)25-15-8-6-13(7-9-15)20(31)26-16-5-3-4-14(23)10-16/h3-10,12H,11H2,1-2H3,(H,25,30)(H,26,31). The average molecular weight is 467 g/mol. The van der Waals surface area contributed by atoms with Crippen LogP contribution in [-0.4, -0.2) is 30.5 Å². The minimum Gasteiger partial charge on any atom is -0.328 e. The van der Waals surface area contributed by atoms with Crippen molar-refractivity contribution < 1.29 is 9.59 Å². The van der Waals surface area contributed by atoms with Crippen LogP contribution in [0.25, 0.3) is 11.2 Å². The molecular weight excluding hydrogens is 448 g/mol. The van der Waals surface area contributed by atoms with Crippen LogP contribution in [0.3, 0.4) is 0 Å². The first kappa shape index (κ1) is 22.0. The van der Waals surface area contributed by atoms with Crippen molar-refractivity contribution in [2.75, 3.05) is 10.6 Å². The van der Waals surface area contributed by atoms with E-state index in [0.29, 0.717) is 22.0 Å². The smallest absolute Gasteiger partial charge is 0.328 e. The van der Waals surface area contributed by atoms with Crippen LogP contribution in [-0.2, 0) is 25.4 Å². The fraction of sp³-hybridized carbons (Fsp3) is 0.136. The molecule has 4 aromatic rings. The first-order valence-electron chi connectivity index (χ1n) is 9.82. The van der Waals surface area contributed by atoms with Crippen LogP contribution in [0.1, 0.15) is 10.4 Å². The molecule has 2 N–H and O–H groups in total. The van der Waals surface area contributed by atoms with E-state index in [1.165, 1.54) is 22.5 Å².